The number of ether oxygens (including phenoxy) is 2. The van der Waals surface area contributed by atoms with Crippen molar-refractivity contribution in [1.82, 2.24) is 4.90 Å². The zero-order valence-electron chi connectivity index (χ0n) is 34.7. The molecule has 0 spiro atoms. The van der Waals surface area contributed by atoms with Gasteiger partial charge in [0.05, 0.1) is 13.2 Å². The lowest BCUT2D eigenvalue weighted by Gasteiger charge is -2.21. The fourth-order valence-corrected chi connectivity index (χ4v) is 7.05. The van der Waals surface area contributed by atoms with Crippen LogP contribution in [0.2, 0.25) is 0 Å². The van der Waals surface area contributed by atoms with Crippen molar-refractivity contribution in [1.29, 1.82) is 0 Å². The molecule has 0 aliphatic rings. The highest BCUT2D eigenvalue weighted by Crippen LogP contribution is 2.19. The van der Waals surface area contributed by atoms with Crippen LogP contribution in [0.15, 0.2) is 0 Å². The van der Waals surface area contributed by atoms with Crippen LogP contribution in [0.1, 0.15) is 239 Å². The van der Waals surface area contributed by atoms with E-state index in [4.69, 9.17) is 9.47 Å². The molecule has 0 bridgehead atoms. The Morgan fingerprint density at radius 1 is 0.451 bits per heavy atom. The number of unbranched alkanes of at least 4 members (excludes halogenated alkanes) is 25. The predicted octanol–water partition coefficient (Wildman–Crippen LogP) is 13.1. The molecule has 0 saturated heterocycles. The van der Waals surface area contributed by atoms with Gasteiger partial charge in [0.25, 0.3) is 0 Å². The Morgan fingerprint density at radius 2 is 0.824 bits per heavy atom. The van der Waals surface area contributed by atoms with E-state index in [1.807, 2.05) is 0 Å². The van der Waals surface area contributed by atoms with Crippen molar-refractivity contribution >= 4 is 11.9 Å². The van der Waals surface area contributed by atoms with Crippen LogP contribution in [0.25, 0.3) is 0 Å². The summed E-state index contributed by atoms with van der Waals surface area (Å²) >= 11 is 0. The predicted molar refractivity (Wildman–Crippen MR) is 218 cm³/mol. The molecule has 0 heterocycles. The molecule has 0 saturated carbocycles. The van der Waals surface area contributed by atoms with Crippen LogP contribution in [0.5, 0.6) is 0 Å². The lowest BCUT2D eigenvalue weighted by molar-refractivity contribution is -0.150. The van der Waals surface area contributed by atoms with Gasteiger partial charge in [0, 0.05) is 19.4 Å². The number of hydrogen-bond acceptors (Lipinski definition) is 6. The van der Waals surface area contributed by atoms with Crippen LogP contribution in [0, 0.1) is 0 Å². The molecule has 51 heavy (non-hydrogen) atoms. The number of nitrogens with zero attached hydrogens (tertiary/aromatic N) is 1. The van der Waals surface area contributed by atoms with E-state index in [-0.39, 0.29) is 24.6 Å². The molecule has 0 fully saturated rings. The Hall–Kier alpha value is -1.14. The van der Waals surface area contributed by atoms with Crippen molar-refractivity contribution in [3.63, 3.8) is 0 Å². The zero-order valence-corrected chi connectivity index (χ0v) is 34.7. The zero-order chi connectivity index (χ0) is 37.3. The Bertz CT molecular complexity index is 717. The molecule has 0 aliphatic heterocycles. The third-order valence-corrected chi connectivity index (χ3v) is 10.4. The molecule has 0 radical (unpaired) electrons. The molecule has 0 aromatic heterocycles. The summed E-state index contributed by atoms with van der Waals surface area (Å²) in [5.41, 5.74) is 0. The van der Waals surface area contributed by atoms with Crippen LogP contribution in [-0.4, -0.2) is 60.9 Å². The molecule has 1 N–H and O–H groups in total. The highest BCUT2D eigenvalue weighted by Gasteiger charge is 2.14. The van der Waals surface area contributed by atoms with E-state index in [0.29, 0.717) is 19.4 Å². The van der Waals surface area contributed by atoms with E-state index in [1.54, 1.807) is 0 Å². The van der Waals surface area contributed by atoms with Crippen molar-refractivity contribution < 1.29 is 24.2 Å². The first-order chi connectivity index (χ1) is 25.1. The molecule has 0 rings (SSSR count). The monoisotopic (exact) mass is 724 g/mol. The van der Waals surface area contributed by atoms with Gasteiger partial charge in [-0.15, -0.1) is 0 Å². The Balaban J connectivity index is 3.96. The molecule has 304 valence electrons. The van der Waals surface area contributed by atoms with E-state index in [9.17, 15) is 14.7 Å². The molecule has 0 unspecified atom stereocenters. The Kier molecular flexibility index (Phi) is 40.7. The summed E-state index contributed by atoms with van der Waals surface area (Å²) in [6, 6.07) is 0. The topological polar surface area (TPSA) is 76.1 Å². The minimum absolute atomic E-state index is 0.0155. The molecule has 0 aliphatic carbocycles. The van der Waals surface area contributed by atoms with Crippen molar-refractivity contribution in [2.75, 3.05) is 32.8 Å². The lowest BCUT2D eigenvalue weighted by atomic mass is 10.0. The fraction of sp³-hybridized carbons (Fsp3) is 0.956. The summed E-state index contributed by atoms with van der Waals surface area (Å²) < 4.78 is 11.4. The summed E-state index contributed by atoms with van der Waals surface area (Å²) in [6.45, 7) is 10.4. The number of rotatable bonds is 42. The molecule has 0 aromatic rings. The summed E-state index contributed by atoms with van der Waals surface area (Å²) in [6.07, 6.45) is 39.7. The van der Waals surface area contributed by atoms with Crippen LogP contribution >= 0.6 is 0 Å². The normalized spacial score (nSPS) is 12.1. The largest absolute Gasteiger partial charge is 0.466 e. The maximum absolute atomic E-state index is 12.7. The highest BCUT2D eigenvalue weighted by molar-refractivity contribution is 5.69. The minimum Gasteiger partial charge on any atom is -0.466 e. The smallest absolute Gasteiger partial charge is 0.306 e. The standard InChI is InChI=1S/C45H89NO5/c1-4-7-10-13-16-21-28-35-43(34-27-20-15-12-9-6-3)51-45(49)37-30-23-19-25-32-39-46(40-41-47)38-31-24-18-22-29-36-44(48)50-42-33-26-17-14-11-8-5-2/h43,47H,4-42H2,1-3H3/t43-/m1/s1. The van der Waals surface area contributed by atoms with Crippen molar-refractivity contribution in [3.8, 4) is 0 Å². The van der Waals surface area contributed by atoms with Gasteiger partial charge >= 0.3 is 11.9 Å². The summed E-state index contributed by atoms with van der Waals surface area (Å²) in [5.74, 6) is -0.0154. The summed E-state index contributed by atoms with van der Waals surface area (Å²) in [4.78, 5) is 27.1. The van der Waals surface area contributed by atoms with Crippen LogP contribution in [0.3, 0.4) is 0 Å². The minimum atomic E-state index is -0.0310. The van der Waals surface area contributed by atoms with Crippen LogP contribution in [-0.2, 0) is 19.1 Å². The van der Waals surface area contributed by atoms with Gasteiger partial charge in [0.1, 0.15) is 6.10 Å². The lowest BCUT2D eigenvalue weighted by Crippen LogP contribution is -2.29. The van der Waals surface area contributed by atoms with Gasteiger partial charge in [-0.2, -0.15) is 0 Å². The second-order valence-corrected chi connectivity index (χ2v) is 15.5. The third-order valence-electron chi connectivity index (χ3n) is 10.4. The van der Waals surface area contributed by atoms with E-state index < -0.39 is 0 Å². The molecule has 0 aromatic carbocycles. The van der Waals surface area contributed by atoms with Crippen LogP contribution < -0.4 is 0 Å². The van der Waals surface area contributed by atoms with Gasteiger partial charge < -0.3 is 19.5 Å². The van der Waals surface area contributed by atoms with Crippen LogP contribution in [0.4, 0.5) is 0 Å². The van der Waals surface area contributed by atoms with E-state index in [1.165, 1.54) is 135 Å². The number of carbonyl (C=O) groups excluding carboxylic acids is 2. The summed E-state index contributed by atoms with van der Waals surface area (Å²) in [5, 5.41) is 9.55. The number of hydrogen-bond donors (Lipinski definition) is 1. The van der Waals surface area contributed by atoms with Gasteiger partial charge in [0.15, 0.2) is 0 Å². The van der Waals surface area contributed by atoms with E-state index >= 15 is 0 Å². The first-order valence-corrected chi connectivity index (χ1v) is 22.8. The van der Waals surface area contributed by atoms with Gasteiger partial charge in [-0.05, 0) is 70.9 Å². The first-order valence-electron chi connectivity index (χ1n) is 22.8. The number of aliphatic hydroxyl groups excluding tert-OH is 1. The third kappa shape index (κ3) is 38.4. The average molecular weight is 724 g/mol. The van der Waals surface area contributed by atoms with Gasteiger partial charge in [-0.25, -0.2) is 0 Å². The van der Waals surface area contributed by atoms with Crippen molar-refractivity contribution in [3.05, 3.63) is 0 Å². The second-order valence-electron chi connectivity index (χ2n) is 15.5. The Labute approximate surface area is 318 Å². The maximum Gasteiger partial charge on any atom is 0.306 e. The number of esters is 2. The second kappa shape index (κ2) is 41.6. The molecule has 0 amide bonds. The average Bonchev–Trinajstić information content (AvgIpc) is 3.12. The van der Waals surface area contributed by atoms with Gasteiger partial charge in [-0.3, -0.25) is 9.59 Å². The van der Waals surface area contributed by atoms with Gasteiger partial charge in [-0.1, -0.05) is 168 Å². The quantitative estimate of drug-likeness (QED) is 0.0499. The molecule has 1 atom stereocenters. The van der Waals surface area contributed by atoms with E-state index in [0.717, 1.165) is 90.3 Å². The number of carbonyl (C=O) groups is 2. The van der Waals surface area contributed by atoms with Crippen molar-refractivity contribution in [2.45, 2.75) is 245 Å². The number of aliphatic hydroxyl groups is 1. The van der Waals surface area contributed by atoms with Gasteiger partial charge in [0.2, 0.25) is 0 Å². The molecule has 6 nitrogen and oxygen atoms in total. The summed E-state index contributed by atoms with van der Waals surface area (Å²) in [7, 11) is 0. The Morgan fingerprint density at radius 3 is 1.27 bits per heavy atom. The SMILES string of the molecule is CCCCCCCCCOC(=O)CCCCCCCN(CCO)CCCCCCCC(=O)O[C@H](CCCCCCCC)CCCCCCCCC. The molecule has 6 heteroatoms. The highest BCUT2D eigenvalue weighted by atomic mass is 16.5. The molecular formula is C45H89NO5. The molecular weight excluding hydrogens is 634 g/mol. The fourth-order valence-electron chi connectivity index (χ4n) is 7.05. The van der Waals surface area contributed by atoms with Crippen molar-refractivity contribution in [2.24, 2.45) is 0 Å². The van der Waals surface area contributed by atoms with E-state index in [2.05, 4.69) is 25.7 Å². The first kappa shape index (κ1) is 49.9. The maximum atomic E-state index is 12.7.